The van der Waals surface area contributed by atoms with E-state index in [1.54, 1.807) is 16.1 Å². The monoisotopic (exact) mass is 387 g/mol. The first-order valence-corrected chi connectivity index (χ1v) is 11.6. The Balaban J connectivity index is 1.61. The zero-order valence-corrected chi connectivity index (χ0v) is 16.9. The minimum Gasteiger partial charge on any atom is -0.212 e. The van der Waals surface area contributed by atoms with Crippen molar-refractivity contribution < 1.29 is 8.42 Å². The third-order valence-corrected chi connectivity index (χ3v) is 9.01. The van der Waals surface area contributed by atoms with Crippen molar-refractivity contribution in [3.05, 3.63) is 59.2 Å². The van der Waals surface area contributed by atoms with Gasteiger partial charge in [-0.3, -0.25) is 0 Å². The Morgan fingerprint density at radius 3 is 2.69 bits per heavy atom. The molecule has 0 bridgehead atoms. The van der Waals surface area contributed by atoms with E-state index in [-0.39, 0.29) is 0 Å². The van der Waals surface area contributed by atoms with Crippen LogP contribution in [0, 0.1) is 5.92 Å². The van der Waals surface area contributed by atoms with Gasteiger partial charge < -0.3 is 0 Å². The van der Waals surface area contributed by atoms with Crippen molar-refractivity contribution in [2.45, 2.75) is 48.2 Å². The second-order valence-corrected chi connectivity index (χ2v) is 10.9. The molecule has 1 fully saturated rings. The van der Waals surface area contributed by atoms with Crippen LogP contribution >= 0.6 is 11.8 Å². The van der Waals surface area contributed by atoms with Gasteiger partial charge in [0.15, 0.2) is 0 Å². The van der Waals surface area contributed by atoms with Crippen LogP contribution in [0.1, 0.15) is 48.6 Å². The number of benzene rings is 2. The van der Waals surface area contributed by atoms with Crippen molar-refractivity contribution in [1.82, 2.24) is 4.31 Å². The van der Waals surface area contributed by atoms with Gasteiger partial charge in [0.05, 0.1) is 5.25 Å². The Hall–Kier alpha value is -1.30. The Bertz CT molecular complexity index is 923. The van der Waals surface area contributed by atoms with Crippen LogP contribution in [-0.2, 0) is 16.4 Å². The maximum Gasteiger partial charge on any atom is 0.220 e. The number of hydrogen-bond donors (Lipinski definition) is 0. The van der Waals surface area contributed by atoms with E-state index >= 15 is 0 Å². The fourth-order valence-corrected chi connectivity index (χ4v) is 6.77. The number of rotatable bonds is 3. The number of piperidine rings is 1. The number of fused-ring (bicyclic) bond motifs is 2. The van der Waals surface area contributed by atoms with E-state index in [1.807, 2.05) is 13.0 Å². The van der Waals surface area contributed by atoms with Gasteiger partial charge in [0.1, 0.15) is 0 Å². The maximum absolute atomic E-state index is 13.1. The maximum atomic E-state index is 13.1. The molecule has 26 heavy (non-hydrogen) atoms. The van der Waals surface area contributed by atoms with E-state index in [0.717, 1.165) is 24.8 Å². The van der Waals surface area contributed by atoms with E-state index < -0.39 is 15.3 Å². The van der Waals surface area contributed by atoms with Gasteiger partial charge in [-0.15, -0.1) is 0 Å². The summed E-state index contributed by atoms with van der Waals surface area (Å²) in [6.07, 6.45) is 2.96. The third kappa shape index (κ3) is 3.32. The predicted octanol–water partition coefficient (Wildman–Crippen LogP) is 4.86. The van der Waals surface area contributed by atoms with E-state index in [2.05, 4.69) is 43.3 Å². The summed E-state index contributed by atoms with van der Waals surface area (Å²) in [4.78, 5) is 2.54. The van der Waals surface area contributed by atoms with Crippen LogP contribution in [0.5, 0.6) is 0 Å². The van der Waals surface area contributed by atoms with Crippen molar-refractivity contribution in [3.63, 3.8) is 0 Å². The average Bonchev–Trinajstić information content (AvgIpc) is 2.65. The second kappa shape index (κ2) is 7.02. The largest absolute Gasteiger partial charge is 0.220 e. The molecule has 5 heteroatoms. The summed E-state index contributed by atoms with van der Waals surface area (Å²) in [5, 5.41) is -0.500. The Morgan fingerprint density at radius 2 is 1.88 bits per heavy atom. The van der Waals surface area contributed by atoms with Gasteiger partial charge in [-0.2, -0.15) is 0 Å². The van der Waals surface area contributed by atoms with Crippen molar-refractivity contribution >= 4 is 21.8 Å². The molecular weight excluding hydrogens is 362 g/mol. The van der Waals surface area contributed by atoms with Gasteiger partial charge >= 0.3 is 0 Å². The molecule has 2 unspecified atom stereocenters. The van der Waals surface area contributed by atoms with Gasteiger partial charge in [0.2, 0.25) is 10.0 Å². The van der Waals surface area contributed by atoms with Crippen LogP contribution in [0.15, 0.2) is 52.3 Å². The van der Waals surface area contributed by atoms with E-state index in [0.29, 0.717) is 19.0 Å². The lowest BCUT2D eigenvalue weighted by Crippen LogP contribution is -2.40. The first-order chi connectivity index (χ1) is 12.4. The van der Waals surface area contributed by atoms with Crippen LogP contribution in [0.3, 0.4) is 0 Å². The summed E-state index contributed by atoms with van der Waals surface area (Å²) in [6, 6.07) is 14.6. The molecule has 4 rings (SSSR count). The quantitative estimate of drug-likeness (QED) is 0.644. The highest BCUT2D eigenvalue weighted by atomic mass is 32.2. The summed E-state index contributed by atoms with van der Waals surface area (Å²) in [5.41, 5.74) is 3.46. The summed E-state index contributed by atoms with van der Waals surface area (Å²) < 4.78 is 27.9. The molecule has 0 N–H and O–H groups in total. The molecule has 0 spiro atoms. The molecule has 2 aromatic carbocycles. The zero-order valence-electron chi connectivity index (χ0n) is 15.3. The minimum atomic E-state index is -3.31. The molecular formula is C21H25NO2S2. The molecule has 2 atom stereocenters. The first kappa shape index (κ1) is 18.1. The standard InChI is InChI=1S/C21H25NO2S2/c1-15-6-5-11-22(14-15)26(23,24)16(2)17-9-10-21-19(12-17)13-18-7-3-4-8-20(18)25-21/h3-4,7-10,12,15-16H,5-6,11,13-14H2,1-2H3. The number of nitrogens with zero attached hydrogens (tertiary/aromatic N) is 1. The zero-order chi connectivity index (χ0) is 18.3. The van der Waals surface area contributed by atoms with Crippen molar-refractivity contribution in [3.8, 4) is 0 Å². The summed E-state index contributed by atoms with van der Waals surface area (Å²) in [5.74, 6) is 0.446. The molecule has 2 heterocycles. The summed E-state index contributed by atoms with van der Waals surface area (Å²) >= 11 is 1.78. The van der Waals surface area contributed by atoms with Gasteiger partial charge in [-0.05, 0) is 60.9 Å². The van der Waals surface area contributed by atoms with Crippen molar-refractivity contribution in [2.75, 3.05) is 13.1 Å². The average molecular weight is 388 g/mol. The van der Waals surface area contributed by atoms with Gasteiger partial charge in [0, 0.05) is 22.9 Å². The van der Waals surface area contributed by atoms with E-state index in [9.17, 15) is 8.42 Å². The minimum absolute atomic E-state index is 0.446. The number of sulfonamides is 1. The molecule has 2 aliphatic rings. The normalized spacial score (nSPS) is 21.7. The molecule has 0 saturated carbocycles. The smallest absolute Gasteiger partial charge is 0.212 e. The lowest BCUT2D eigenvalue weighted by molar-refractivity contribution is 0.279. The molecule has 0 aromatic heterocycles. The van der Waals surface area contributed by atoms with Crippen LogP contribution in [0.2, 0.25) is 0 Å². The highest BCUT2D eigenvalue weighted by Crippen LogP contribution is 2.41. The molecule has 3 nitrogen and oxygen atoms in total. The highest BCUT2D eigenvalue weighted by Gasteiger charge is 2.33. The number of hydrogen-bond acceptors (Lipinski definition) is 3. The topological polar surface area (TPSA) is 37.4 Å². The van der Waals surface area contributed by atoms with Crippen molar-refractivity contribution in [2.24, 2.45) is 5.92 Å². The molecule has 2 aromatic rings. The third-order valence-electron chi connectivity index (χ3n) is 5.55. The molecule has 138 valence electrons. The summed E-state index contributed by atoms with van der Waals surface area (Å²) in [6.45, 7) is 5.28. The van der Waals surface area contributed by atoms with Gasteiger partial charge in [0.25, 0.3) is 0 Å². The Labute approximate surface area is 160 Å². The molecule has 0 radical (unpaired) electrons. The molecule has 0 aliphatic carbocycles. The van der Waals surface area contributed by atoms with Crippen LogP contribution < -0.4 is 0 Å². The SMILES string of the molecule is CC1CCCN(S(=O)(=O)C(C)c2ccc3c(c2)Cc2ccccc2S3)C1. The Morgan fingerprint density at radius 1 is 1.12 bits per heavy atom. The molecule has 2 aliphatic heterocycles. The lowest BCUT2D eigenvalue weighted by atomic mass is 10.0. The fraction of sp³-hybridized carbons (Fsp3) is 0.429. The van der Waals surface area contributed by atoms with Crippen molar-refractivity contribution in [1.29, 1.82) is 0 Å². The second-order valence-electron chi connectivity index (χ2n) is 7.55. The Kier molecular flexibility index (Phi) is 4.88. The van der Waals surface area contributed by atoms with E-state index in [4.69, 9.17) is 0 Å². The molecule has 1 saturated heterocycles. The van der Waals surface area contributed by atoms with E-state index in [1.165, 1.54) is 20.9 Å². The van der Waals surface area contributed by atoms with Crippen LogP contribution in [-0.4, -0.2) is 25.8 Å². The van der Waals surface area contributed by atoms with Gasteiger partial charge in [-0.25, -0.2) is 12.7 Å². The summed E-state index contributed by atoms with van der Waals surface area (Å²) in [7, 11) is -3.31. The van der Waals surface area contributed by atoms with Gasteiger partial charge in [-0.1, -0.05) is 49.0 Å². The van der Waals surface area contributed by atoms with Crippen LogP contribution in [0.4, 0.5) is 0 Å². The first-order valence-electron chi connectivity index (χ1n) is 9.32. The fourth-order valence-electron chi connectivity index (χ4n) is 3.94. The lowest BCUT2D eigenvalue weighted by Gasteiger charge is -2.32. The molecule has 0 amide bonds. The predicted molar refractivity (Wildman–Crippen MR) is 107 cm³/mol. The highest BCUT2D eigenvalue weighted by molar-refractivity contribution is 7.99. The van der Waals surface area contributed by atoms with Crippen LogP contribution in [0.25, 0.3) is 0 Å².